The molecule has 2 N–H and O–H groups in total. The summed E-state index contributed by atoms with van der Waals surface area (Å²) in [7, 11) is -6.83. The summed E-state index contributed by atoms with van der Waals surface area (Å²) < 4.78 is 46.7. The van der Waals surface area contributed by atoms with Gasteiger partial charge in [-0.3, -0.25) is 0 Å². The van der Waals surface area contributed by atoms with Gasteiger partial charge in [-0.25, -0.2) is 16.8 Å². The summed E-state index contributed by atoms with van der Waals surface area (Å²) in [5, 5.41) is -0.736. The van der Waals surface area contributed by atoms with E-state index < -0.39 is 24.9 Å². The monoisotopic (exact) mass is 305 g/mol. The first-order valence-corrected chi connectivity index (χ1v) is 9.68. The van der Waals surface area contributed by atoms with Crippen LogP contribution in [0.5, 0.6) is 0 Å². The van der Waals surface area contributed by atoms with Crippen molar-refractivity contribution < 1.29 is 16.8 Å². The van der Waals surface area contributed by atoms with Gasteiger partial charge in [0, 0.05) is 6.26 Å². The molecule has 0 aliphatic rings. The summed E-state index contributed by atoms with van der Waals surface area (Å²) >= 11 is 0. The molecule has 0 aromatic heterocycles. The first-order valence-electron chi connectivity index (χ1n) is 5.90. The van der Waals surface area contributed by atoms with E-state index in [-0.39, 0.29) is 24.5 Å². The molecule has 19 heavy (non-hydrogen) atoms. The number of nitrogens with two attached hydrogens (primary N) is 1. The van der Waals surface area contributed by atoms with Gasteiger partial charge in [-0.15, -0.1) is 0 Å². The van der Waals surface area contributed by atoms with Crippen LogP contribution in [0, 0.1) is 0 Å². The molecule has 0 amide bonds. The molecular formula is C12H19NO4S2. The Kier molecular flexibility index (Phi) is 5.51. The molecule has 1 rings (SSSR count). The maximum atomic E-state index is 12.2. The van der Waals surface area contributed by atoms with E-state index in [9.17, 15) is 16.8 Å². The van der Waals surface area contributed by atoms with Crippen molar-refractivity contribution in [3.63, 3.8) is 0 Å². The van der Waals surface area contributed by atoms with Crippen LogP contribution in [0.1, 0.15) is 17.2 Å². The molecule has 5 nitrogen and oxygen atoms in total. The predicted molar refractivity (Wildman–Crippen MR) is 76.4 cm³/mol. The highest BCUT2D eigenvalue weighted by atomic mass is 32.2. The highest BCUT2D eigenvalue weighted by molar-refractivity contribution is 7.94. The van der Waals surface area contributed by atoms with Crippen molar-refractivity contribution in [1.82, 2.24) is 0 Å². The van der Waals surface area contributed by atoms with Gasteiger partial charge in [0.1, 0.15) is 9.84 Å². The Balaban J connectivity index is 2.99. The Morgan fingerprint density at radius 2 is 1.63 bits per heavy atom. The molecule has 1 aromatic carbocycles. The first kappa shape index (κ1) is 16.1. The Bertz CT molecular complexity index is 594. The predicted octanol–water partition coefficient (Wildman–Crippen LogP) is 0.536. The Morgan fingerprint density at radius 1 is 1.05 bits per heavy atom. The van der Waals surface area contributed by atoms with Crippen LogP contribution in [-0.2, 0) is 19.7 Å². The van der Waals surface area contributed by atoms with Crippen molar-refractivity contribution in [2.75, 3.05) is 24.3 Å². The van der Waals surface area contributed by atoms with Gasteiger partial charge in [0.25, 0.3) is 0 Å². The highest BCUT2D eigenvalue weighted by Crippen LogP contribution is 2.26. The van der Waals surface area contributed by atoms with E-state index in [4.69, 9.17) is 5.73 Å². The standard InChI is InChI=1S/C12H19NO4S2/c1-18(14,15)9-10-19(16,17)12(7-8-13)11-5-3-2-4-6-11/h2-6,12H,7-10,13H2,1H3. The van der Waals surface area contributed by atoms with E-state index in [1.54, 1.807) is 30.3 Å². The van der Waals surface area contributed by atoms with Crippen LogP contribution >= 0.6 is 0 Å². The van der Waals surface area contributed by atoms with Crippen LogP contribution in [0.25, 0.3) is 0 Å². The Labute approximate surface area is 114 Å². The lowest BCUT2D eigenvalue weighted by atomic mass is 10.1. The van der Waals surface area contributed by atoms with Gasteiger partial charge in [0.05, 0.1) is 16.8 Å². The molecule has 1 atom stereocenters. The minimum Gasteiger partial charge on any atom is -0.330 e. The second-order valence-corrected chi connectivity index (χ2v) is 9.04. The van der Waals surface area contributed by atoms with E-state index in [0.29, 0.717) is 5.56 Å². The summed E-state index contributed by atoms with van der Waals surface area (Å²) in [6.45, 7) is 0.234. The summed E-state index contributed by atoms with van der Waals surface area (Å²) in [4.78, 5) is 0. The zero-order valence-electron chi connectivity index (χ0n) is 10.8. The Morgan fingerprint density at radius 3 is 2.11 bits per heavy atom. The van der Waals surface area contributed by atoms with Gasteiger partial charge in [-0.1, -0.05) is 30.3 Å². The number of sulfone groups is 2. The van der Waals surface area contributed by atoms with Gasteiger partial charge < -0.3 is 5.73 Å². The normalized spacial score (nSPS) is 14.2. The lowest BCUT2D eigenvalue weighted by Gasteiger charge is -2.17. The fourth-order valence-corrected chi connectivity index (χ4v) is 5.27. The molecule has 0 saturated heterocycles. The Hall–Kier alpha value is -0.920. The molecule has 0 heterocycles. The average molecular weight is 305 g/mol. The van der Waals surface area contributed by atoms with Crippen LogP contribution < -0.4 is 5.73 Å². The number of benzene rings is 1. The third-order valence-corrected chi connectivity index (χ3v) is 6.12. The third kappa shape index (κ3) is 5.30. The minimum absolute atomic E-state index is 0.234. The molecule has 108 valence electrons. The summed E-state index contributed by atoms with van der Waals surface area (Å²) in [6.07, 6.45) is 1.32. The van der Waals surface area contributed by atoms with Gasteiger partial charge in [0.2, 0.25) is 0 Å². The zero-order valence-corrected chi connectivity index (χ0v) is 12.5. The fraction of sp³-hybridized carbons (Fsp3) is 0.500. The molecule has 0 radical (unpaired) electrons. The van der Waals surface area contributed by atoms with Gasteiger partial charge in [-0.05, 0) is 18.5 Å². The molecule has 0 spiro atoms. The van der Waals surface area contributed by atoms with E-state index in [1.807, 2.05) is 0 Å². The lowest BCUT2D eigenvalue weighted by molar-refractivity contribution is 0.574. The third-order valence-electron chi connectivity index (χ3n) is 2.77. The number of hydrogen-bond donors (Lipinski definition) is 1. The highest BCUT2D eigenvalue weighted by Gasteiger charge is 2.27. The van der Waals surface area contributed by atoms with Crippen molar-refractivity contribution in [1.29, 1.82) is 0 Å². The maximum absolute atomic E-state index is 12.2. The van der Waals surface area contributed by atoms with Crippen LogP contribution in [0.4, 0.5) is 0 Å². The SMILES string of the molecule is CS(=O)(=O)CCS(=O)(=O)C(CCN)c1ccccc1. The van der Waals surface area contributed by atoms with Crippen LogP contribution in [0.2, 0.25) is 0 Å². The molecule has 0 bridgehead atoms. The largest absolute Gasteiger partial charge is 0.330 e. The summed E-state index contributed by atoms with van der Waals surface area (Å²) in [6, 6.07) is 8.75. The molecule has 0 aliphatic heterocycles. The molecular weight excluding hydrogens is 286 g/mol. The number of rotatable bonds is 7. The maximum Gasteiger partial charge on any atom is 0.158 e. The molecule has 0 fully saturated rings. The van der Waals surface area contributed by atoms with Crippen LogP contribution in [0.3, 0.4) is 0 Å². The molecule has 1 aromatic rings. The topological polar surface area (TPSA) is 94.3 Å². The van der Waals surface area contributed by atoms with Crippen LogP contribution in [0.15, 0.2) is 30.3 Å². The quantitative estimate of drug-likeness (QED) is 0.793. The smallest absolute Gasteiger partial charge is 0.158 e. The average Bonchev–Trinajstić information content (AvgIpc) is 2.34. The van der Waals surface area contributed by atoms with Crippen LogP contribution in [-0.4, -0.2) is 41.1 Å². The second kappa shape index (κ2) is 6.49. The number of hydrogen-bond acceptors (Lipinski definition) is 5. The first-order chi connectivity index (χ1) is 8.76. The van der Waals surface area contributed by atoms with Gasteiger partial charge in [0.15, 0.2) is 9.84 Å². The van der Waals surface area contributed by atoms with E-state index in [1.165, 1.54) is 0 Å². The summed E-state index contributed by atoms with van der Waals surface area (Å²) in [5.41, 5.74) is 6.12. The van der Waals surface area contributed by atoms with Crippen molar-refractivity contribution in [3.05, 3.63) is 35.9 Å². The van der Waals surface area contributed by atoms with Crippen molar-refractivity contribution in [2.24, 2.45) is 5.73 Å². The van der Waals surface area contributed by atoms with E-state index >= 15 is 0 Å². The van der Waals surface area contributed by atoms with E-state index in [0.717, 1.165) is 6.26 Å². The molecule has 1 unspecified atom stereocenters. The van der Waals surface area contributed by atoms with Crippen molar-refractivity contribution in [2.45, 2.75) is 11.7 Å². The van der Waals surface area contributed by atoms with Gasteiger partial charge in [-0.2, -0.15) is 0 Å². The zero-order chi connectivity index (χ0) is 14.5. The van der Waals surface area contributed by atoms with Gasteiger partial charge >= 0.3 is 0 Å². The van der Waals surface area contributed by atoms with E-state index in [2.05, 4.69) is 0 Å². The minimum atomic E-state index is -3.53. The molecule has 0 saturated carbocycles. The van der Waals surface area contributed by atoms with Crippen molar-refractivity contribution in [3.8, 4) is 0 Å². The van der Waals surface area contributed by atoms with Crippen molar-refractivity contribution >= 4 is 19.7 Å². The molecule has 7 heteroatoms. The second-order valence-electron chi connectivity index (χ2n) is 4.47. The summed E-state index contributed by atoms with van der Waals surface area (Å²) in [5.74, 6) is -0.728. The lowest BCUT2D eigenvalue weighted by Crippen LogP contribution is -2.24. The fourth-order valence-electron chi connectivity index (χ4n) is 1.78. The molecule has 0 aliphatic carbocycles.